The van der Waals surface area contributed by atoms with Gasteiger partial charge in [-0.1, -0.05) is 12.1 Å². The van der Waals surface area contributed by atoms with Gasteiger partial charge in [-0.25, -0.2) is 12.8 Å². The molecule has 0 aliphatic carbocycles. The van der Waals surface area contributed by atoms with Gasteiger partial charge in [0.25, 0.3) is 0 Å². The Kier molecular flexibility index (Phi) is 6.31. The Morgan fingerprint density at radius 1 is 1.14 bits per heavy atom. The van der Waals surface area contributed by atoms with Crippen LogP contribution in [0, 0.1) is 5.82 Å². The van der Waals surface area contributed by atoms with Crippen molar-refractivity contribution in [3.8, 4) is 5.75 Å². The summed E-state index contributed by atoms with van der Waals surface area (Å²) < 4.78 is 45.9. The van der Waals surface area contributed by atoms with Crippen molar-refractivity contribution in [2.75, 3.05) is 25.0 Å². The second kappa shape index (κ2) is 8.70. The molecule has 1 heterocycles. The number of carbonyl (C=O) groups excluding carboxylic acids is 1. The van der Waals surface area contributed by atoms with Gasteiger partial charge < -0.3 is 10.1 Å². The molecule has 1 fully saturated rings. The molecule has 1 N–H and O–H groups in total. The zero-order valence-corrected chi connectivity index (χ0v) is 16.5. The van der Waals surface area contributed by atoms with E-state index in [0.29, 0.717) is 30.9 Å². The number of rotatable bonds is 7. The first-order chi connectivity index (χ1) is 13.4. The topological polar surface area (TPSA) is 75.7 Å². The highest BCUT2D eigenvalue weighted by Gasteiger charge is 2.30. The van der Waals surface area contributed by atoms with Gasteiger partial charge in [-0.15, -0.1) is 0 Å². The van der Waals surface area contributed by atoms with Crippen LogP contribution in [0.15, 0.2) is 47.4 Å². The Hall–Kier alpha value is -2.45. The Morgan fingerprint density at radius 2 is 1.82 bits per heavy atom. The first kappa shape index (κ1) is 20.3. The average Bonchev–Trinajstić information content (AvgIpc) is 3.20. The third kappa shape index (κ3) is 4.69. The molecule has 28 heavy (non-hydrogen) atoms. The second-order valence-corrected chi connectivity index (χ2v) is 8.46. The molecule has 0 atom stereocenters. The number of benzene rings is 2. The highest BCUT2D eigenvalue weighted by atomic mass is 32.2. The van der Waals surface area contributed by atoms with Crippen LogP contribution < -0.4 is 10.1 Å². The summed E-state index contributed by atoms with van der Waals surface area (Å²) >= 11 is 0. The van der Waals surface area contributed by atoms with Crippen molar-refractivity contribution in [2.24, 2.45) is 0 Å². The summed E-state index contributed by atoms with van der Waals surface area (Å²) in [6.07, 6.45) is 1.72. The molecule has 0 aromatic heterocycles. The molecule has 1 aliphatic rings. The fourth-order valence-electron chi connectivity index (χ4n) is 3.12. The van der Waals surface area contributed by atoms with Crippen molar-refractivity contribution >= 4 is 21.6 Å². The number of carbonyl (C=O) groups is 1. The molecule has 0 saturated carbocycles. The fraction of sp³-hybridized carbons (Fsp3) is 0.350. The molecule has 1 saturated heterocycles. The minimum atomic E-state index is -3.70. The molecule has 0 spiro atoms. The molecule has 0 unspecified atom stereocenters. The van der Waals surface area contributed by atoms with Gasteiger partial charge >= 0.3 is 0 Å². The zero-order valence-electron chi connectivity index (χ0n) is 15.7. The van der Waals surface area contributed by atoms with E-state index in [1.54, 1.807) is 19.1 Å². The normalized spacial score (nSPS) is 14.8. The van der Waals surface area contributed by atoms with Crippen molar-refractivity contribution in [3.05, 3.63) is 53.8 Å². The van der Waals surface area contributed by atoms with Gasteiger partial charge in [-0.3, -0.25) is 4.79 Å². The number of nitrogens with zero attached hydrogens (tertiary/aromatic N) is 1. The summed E-state index contributed by atoms with van der Waals surface area (Å²) in [5, 5.41) is 2.71. The van der Waals surface area contributed by atoms with Gasteiger partial charge in [-0.2, -0.15) is 4.31 Å². The molecule has 3 rings (SSSR count). The van der Waals surface area contributed by atoms with Crippen LogP contribution in [0.4, 0.5) is 10.1 Å². The van der Waals surface area contributed by atoms with Crippen LogP contribution in [-0.4, -0.2) is 38.3 Å². The van der Waals surface area contributed by atoms with Crippen molar-refractivity contribution in [1.29, 1.82) is 0 Å². The molecule has 8 heteroatoms. The third-order valence-corrected chi connectivity index (χ3v) is 6.41. The van der Waals surface area contributed by atoms with Gasteiger partial charge in [0.05, 0.1) is 13.0 Å². The van der Waals surface area contributed by atoms with Gasteiger partial charge in [0.15, 0.2) is 0 Å². The van der Waals surface area contributed by atoms with E-state index in [0.717, 1.165) is 12.8 Å². The molecule has 0 bridgehead atoms. The third-order valence-electron chi connectivity index (χ3n) is 4.49. The van der Waals surface area contributed by atoms with Crippen LogP contribution in [0.1, 0.15) is 25.3 Å². The molecular weight excluding hydrogens is 383 g/mol. The highest BCUT2D eigenvalue weighted by Crippen LogP contribution is 2.31. The minimum absolute atomic E-state index is 0.0517. The summed E-state index contributed by atoms with van der Waals surface area (Å²) in [4.78, 5) is 12.4. The zero-order chi connectivity index (χ0) is 20.1. The van der Waals surface area contributed by atoms with Crippen LogP contribution in [0.2, 0.25) is 0 Å². The van der Waals surface area contributed by atoms with Gasteiger partial charge in [-0.05, 0) is 55.7 Å². The van der Waals surface area contributed by atoms with E-state index in [2.05, 4.69) is 5.32 Å². The number of ether oxygens (including phenoxy) is 1. The van der Waals surface area contributed by atoms with E-state index < -0.39 is 10.0 Å². The Bertz CT molecular complexity index is 939. The second-order valence-electron chi connectivity index (χ2n) is 6.56. The summed E-state index contributed by atoms with van der Waals surface area (Å²) in [5.74, 6) is -0.418. The van der Waals surface area contributed by atoms with E-state index in [-0.39, 0.29) is 28.8 Å². The largest absolute Gasteiger partial charge is 0.492 e. The number of halogens is 1. The lowest BCUT2D eigenvalue weighted by Gasteiger charge is -2.19. The predicted octanol–water partition coefficient (Wildman–Crippen LogP) is 3.19. The molecule has 6 nitrogen and oxygen atoms in total. The number of nitrogens with one attached hydrogen (secondary N) is 1. The first-order valence-corrected chi connectivity index (χ1v) is 10.7. The predicted molar refractivity (Wildman–Crippen MR) is 104 cm³/mol. The van der Waals surface area contributed by atoms with E-state index in [4.69, 9.17) is 4.74 Å². The molecule has 2 aromatic rings. The number of hydrogen-bond acceptors (Lipinski definition) is 4. The first-order valence-electron chi connectivity index (χ1n) is 9.21. The van der Waals surface area contributed by atoms with Crippen molar-refractivity contribution in [2.45, 2.75) is 31.1 Å². The summed E-state index contributed by atoms with van der Waals surface area (Å²) in [5.41, 5.74) is 1.03. The van der Waals surface area contributed by atoms with Crippen LogP contribution in [-0.2, 0) is 21.2 Å². The number of amides is 1. The summed E-state index contributed by atoms with van der Waals surface area (Å²) in [7, 11) is -3.70. The lowest BCUT2D eigenvalue weighted by Crippen LogP contribution is -2.28. The van der Waals surface area contributed by atoms with Crippen molar-refractivity contribution in [3.63, 3.8) is 0 Å². The Morgan fingerprint density at radius 3 is 2.46 bits per heavy atom. The van der Waals surface area contributed by atoms with Gasteiger partial charge in [0.2, 0.25) is 15.9 Å². The van der Waals surface area contributed by atoms with Crippen LogP contribution in [0.25, 0.3) is 0 Å². The Labute approximate surface area is 164 Å². The quantitative estimate of drug-likeness (QED) is 0.766. The van der Waals surface area contributed by atoms with Crippen LogP contribution in [0.3, 0.4) is 0 Å². The highest BCUT2D eigenvalue weighted by molar-refractivity contribution is 7.89. The SMILES string of the molecule is CCOc1ccc(NC(=O)Cc2ccc(F)cc2)cc1S(=O)(=O)N1CCCC1. The molecule has 150 valence electrons. The lowest BCUT2D eigenvalue weighted by molar-refractivity contribution is -0.115. The summed E-state index contributed by atoms with van der Waals surface area (Å²) in [6.45, 7) is 3.08. The average molecular weight is 406 g/mol. The number of sulfonamides is 1. The molecule has 1 amide bonds. The molecule has 0 radical (unpaired) electrons. The number of anilines is 1. The number of hydrogen-bond donors (Lipinski definition) is 1. The fourth-order valence-corrected chi connectivity index (χ4v) is 4.80. The van der Waals surface area contributed by atoms with E-state index in [1.807, 2.05) is 0 Å². The molecular formula is C20H23FN2O4S. The molecule has 2 aromatic carbocycles. The van der Waals surface area contributed by atoms with E-state index in [1.165, 1.54) is 34.6 Å². The van der Waals surface area contributed by atoms with Crippen molar-refractivity contribution < 1.29 is 22.3 Å². The van der Waals surface area contributed by atoms with E-state index in [9.17, 15) is 17.6 Å². The standard InChI is InChI=1S/C20H23FN2O4S/c1-2-27-18-10-9-17(14-19(18)28(25,26)23-11-3-4-12-23)22-20(24)13-15-5-7-16(21)8-6-15/h5-10,14H,2-4,11-13H2,1H3,(H,22,24). The van der Waals surface area contributed by atoms with Crippen molar-refractivity contribution in [1.82, 2.24) is 4.31 Å². The van der Waals surface area contributed by atoms with Crippen LogP contribution in [0.5, 0.6) is 5.75 Å². The van der Waals surface area contributed by atoms with Gasteiger partial charge in [0, 0.05) is 18.8 Å². The van der Waals surface area contributed by atoms with Gasteiger partial charge in [0.1, 0.15) is 16.5 Å². The maximum Gasteiger partial charge on any atom is 0.246 e. The molecule has 1 aliphatic heterocycles. The maximum atomic E-state index is 13.0. The lowest BCUT2D eigenvalue weighted by atomic mass is 10.1. The Balaban J connectivity index is 1.82. The van der Waals surface area contributed by atoms with E-state index >= 15 is 0 Å². The monoisotopic (exact) mass is 406 g/mol. The van der Waals surface area contributed by atoms with Crippen LogP contribution >= 0.6 is 0 Å². The maximum absolute atomic E-state index is 13.0. The smallest absolute Gasteiger partial charge is 0.246 e. The summed E-state index contributed by atoms with van der Waals surface area (Å²) in [6, 6.07) is 10.3. The minimum Gasteiger partial charge on any atom is -0.492 e.